The third-order valence-electron chi connectivity index (χ3n) is 27.8. The molecule has 1 N–H and O–H groups in total. The maximum atomic E-state index is 15.5. The first-order valence-corrected chi connectivity index (χ1v) is 38.4. The van der Waals surface area contributed by atoms with Crippen molar-refractivity contribution in [1.29, 1.82) is 0 Å². The number of nitrogens with zero attached hydrogens (tertiary/aromatic N) is 3. The van der Waals surface area contributed by atoms with Crippen LogP contribution in [0.4, 0.5) is 52.7 Å². The third-order valence-corrected chi connectivity index (χ3v) is 29.1. The molecule has 4 aliphatic carbocycles. The number of rotatable bonds is 7. The SMILES string of the molecule is C#CCO.C#CCO[C@@]1(C(F)(F)F)O[C@@H]2O[C@]3(C)CCC4[C@H](C)CC[C@@H]([C@H]1C)[C@]42OO3.C[C@@H]1CC[C@H]2C(Cn3nncc3CO[C@@]3(C(F)(F)F)O[C@@H]4O[C@]5(C)CCC6[C@H](C)CC[C@@H]([C@H]3C)[C@]64OO5)=C(C(F)(F)F)O[C@@H]3O[C@@]4(C)CCC1[C@]32OO4.C[C@@H]1CC[C@H]2[C@@H](C)[C@](Br)(C(F)(F)F)O[C@@H]3O[C@]4(C)CCC1[C@]32OO4. The van der Waals surface area contributed by atoms with Crippen molar-refractivity contribution >= 4 is 15.9 Å². The molecule has 4 saturated carbocycles. The zero-order valence-electron chi connectivity index (χ0n) is 61.9. The molecule has 4 unspecified atom stereocenters. The van der Waals surface area contributed by atoms with Gasteiger partial charge in [0.2, 0.25) is 39.7 Å². The first-order valence-electron chi connectivity index (χ1n) is 37.6. The van der Waals surface area contributed by atoms with Gasteiger partial charge in [-0.25, -0.2) is 43.8 Å². The van der Waals surface area contributed by atoms with Crippen LogP contribution in [0.15, 0.2) is 17.5 Å². The predicted molar refractivity (Wildman–Crippen MR) is 347 cm³/mol. The number of allylic oxidation sites excluding steroid dienone is 1. The third kappa shape index (κ3) is 12.4. The smallest absolute Gasteiger partial charge is 0.449 e. The van der Waals surface area contributed by atoms with Gasteiger partial charge in [-0.15, -0.1) is 17.9 Å². The lowest BCUT2D eigenvalue weighted by Crippen LogP contribution is -2.76. The molecule has 1 aromatic rings. The van der Waals surface area contributed by atoms with E-state index in [9.17, 15) is 39.5 Å². The summed E-state index contributed by atoms with van der Waals surface area (Å²) >= 11 is 2.87. The maximum Gasteiger partial charge on any atom is 0.449 e. The Morgan fingerprint density at radius 1 is 0.481 bits per heavy atom. The van der Waals surface area contributed by atoms with Crippen LogP contribution in [-0.4, -0.2) is 145 Å². The lowest BCUT2D eigenvalue weighted by Gasteiger charge is -2.62. The summed E-state index contributed by atoms with van der Waals surface area (Å²) in [5.74, 6) is -13.2. The van der Waals surface area contributed by atoms with Gasteiger partial charge in [-0.1, -0.05) is 65.5 Å². The van der Waals surface area contributed by atoms with Crippen LogP contribution in [0.5, 0.6) is 0 Å². The van der Waals surface area contributed by atoms with Gasteiger partial charge in [-0.3, -0.25) is 0 Å². The predicted octanol–water partition coefficient (Wildman–Crippen LogP) is 14.9. The van der Waals surface area contributed by atoms with E-state index in [1.807, 2.05) is 12.8 Å². The van der Waals surface area contributed by atoms with Gasteiger partial charge in [-0.2, -0.15) is 52.7 Å². The number of hydrogen-bond acceptors (Lipinski definition) is 21. The van der Waals surface area contributed by atoms with Crippen molar-refractivity contribution in [2.75, 3.05) is 13.2 Å². The first kappa shape index (κ1) is 81.3. The van der Waals surface area contributed by atoms with Gasteiger partial charge in [0.1, 0.15) is 13.2 Å². The monoisotopic (exact) mass is 1630 g/mol. The first-order chi connectivity index (χ1) is 50.4. The second kappa shape index (κ2) is 27.7. The molecule has 22 nitrogen and oxygen atoms in total. The number of hydrogen-bond donors (Lipinski definition) is 1. The molecule has 0 aromatic carbocycles. The van der Waals surface area contributed by atoms with E-state index < -0.39 is 173 Å². The Kier molecular flexibility index (Phi) is 20.9. The number of terminal acetylenes is 2. The zero-order chi connectivity index (χ0) is 78.2. The molecule has 30 atom stereocenters. The molecule has 1 aromatic heterocycles. The van der Waals surface area contributed by atoms with E-state index in [-0.39, 0.29) is 65.2 Å². The summed E-state index contributed by atoms with van der Waals surface area (Å²) in [4.78, 5) is 46.5. The van der Waals surface area contributed by atoms with Crippen molar-refractivity contribution in [3.8, 4) is 24.7 Å². The van der Waals surface area contributed by atoms with Crippen molar-refractivity contribution in [3.05, 3.63) is 23.2 Å². The van der Waals surface area contributed by atoms with Crippen LogP contribution in [0.3, 0.4) is 0 Å². The van der Waals surface area contributed by atoms with E-state index in [0.29, 0.717) is 83.0 Å². The van der Waals surface area contributed by atoms with Crippen molar-refractivity contribution in [2.45, 2.75) is 304 Å². The van der Waals surface area contributed by atoms with E-state index >= 15 is 13.2 Å². The van der Waals surface area contributed by atoms with Crippen LogP contribution >= 0.6 is 15.9 Å². The Morgan fingerprint density at radius 2 is 0.861 bits per heavy atom. The standard InChI is InChI=1S/C35H45F6N3O9.C19H25F3O5.C16H22BrF3O4.C3H4O/c1-17-6-8-24-19(3)33(35(39,40)41,49-28-31(24)22(17)10-13-30(5,48-28)51-52-31)45-16-20-14-42-43-44(20)15-21-25-9-7-18(2)23-11-12-29(4)47-27(32(23,25)53-50-29)46-26(21)34(36,37)38;1-5-10-23-18(19(20,21)22)12(3)14-7-6-11(2)13-8-9-16(4)24-15(25-18)17(13,14)27-26-16;1-8-4-5-11-9(2)15(17,16(18,19)20)22-12-14(11)10(8)6-7-13(3,21-12)23-24-14;1-2-3-4/h14,17-19,22-25,27-28H,6-13,15-16H2,1-5H3;1,11-15H,6-10H2,2-4H3;8-12H,4-7H2,1-3H3;1,4H,3H2/t17-,18-,19-,22?,23?,24+,25+,27-,28+,29-,30+,31-,32-,33-;11-,12-,13?,14+,15+,16+,17-,18-;8-,9-,10?,11+,12+,13+,14-,15-;/m111./s1. The number of aromatic nitrogens is 3. The van der Waals surface area contributed by atoms with Crippen molar-refractivity contribution in [3.63, 3.8) is 0 Å². The van der Waals surface area contributed by atoms with Gasteiger partial charge in [0.25, 0.3) is 11.6 Å². The zero-order valence-corrected chi connectivity index (χ0v) is 63.5. The largest absolute Gasteiger partial charge is 0.456 e. The van der Waals surface area contributed by atoms with Crippen LogP contribution in [-0.2, 0) is 99.6 Å². The second-order valence-electron chi connectivity index (χ2n) is 33.8. The van der Waals surface area contributed by atoms with E-state index in [0.717, 1.165) is 30.4 Å². The summed E-state index contributed by atoms with van der Waals surface area (Å²) in [5.41, 5.74) is -4.91. The number of halogens is 13. The summed E-state index contributed by atoms with van der Waals surface area (Å²) in [7, 11) is 0. The number of aliphatic hydroxyl groups is 1. The second-order valence-corrected chi connectivity index (χ2v) is 35.0. The van der Waals surface area contributed by atoms with Crippen LogP contribution in [0, 0.1) is 113 Å². The number of alkyl halides is 13. The molecule has 0 amide bonds. The highest BCUT2D eigenvalue weighted by Gasteiger charge is 2.81. The number of aliphatic hydroxyl groups excluding tert-OH is 1. The summed E-state index contributed by atoms with van der Waals surface area (Å²) in [5, 5.41) is 15.6. The Bertz CT molecular complexity index is 3630. The molecule has 17 heterocycles. The molecule has 4 spiro atoms. The topological polar surface area (TPSA) is 217 Å². The Morgan fingerprint density at radius 3 is 1.26 bits per heavy atom. The van der Waals surface area contributed by atoms with Gasteiger partial charge >= 0.3 is 24.7 Å². The highest BCUT2D eigenvalue weighted by atomic mass is 79.9. The molecule has 0 radical (unpaired) electrons. The molecule has 8 bridgehead atoms. The van der Waals surface area contributed by atoms with Gasteiger partial charge in [0, 0.05) is 78.6 Å². The molecular weight excluding hydrogens is 1530 g/mol. The summed E-state index contributed by atoms with van der Waals surface area (Å²) in [6.45, 7) is 17.5. The number of fused-ring (bicyclic) bond motifs is 8. The van der Waals surface area contributed by atoms with Gasteiger partial charge in [0.15, 0.2) is 41.3 Å². The molecule has 21 rings (SSSR count). The average molecular weight is 1630 g/mol. The Hall–Kier alpha value is -3.28. The minimum atomic E-state index is -5.06. The van der Waals surface area contributed by atoms with E-state index in [4.69, 9.17) is 98.0 Å². The van der Waals surface area contributed by atoms with Gasteiger partial charge in [-0.05, 0) is 162 Å². The summed E-state index contributed by atoms with van der Waals surface area (Å²) < 4.78 is 232. The van der Waals surface area contributed by atoms with Gasteiger partial charge in [0.05, 0.1) is 25.0 Å². The lowest BCUT2D eigenvalue weighted by atomic mass is 9.57. The molecule has 19 fully saturated rings. The van der Waals surface area contributed by atoms with Crippen LogP contribution in [0.2, 0.25) is 0 Å². The van der Waals surface area contributed by atoms with Crippen LogP contribution in [0.1, 0.15) is 185 Å². The van der Waals surface area contributed by atoms with Crippen LogP contribution < -0.4 is 0 Å². The van der Waals surface area contributed by atoms with E-state index in [1.54, 1.807) is 34.6 Å². The fraction of sp³-hybridized carbons (Fsp3) is 0.890. The number of ether oxygens (including phenoxy) is 10. The summed E-state index contributed by atoms with van der Waals surface area (Å²) in [6, 6.07) is 0. The fourth-order valence-corrected chi connectivity index (χ4v) is 22.6. The Balaban J connectivity index is 0.000000148. The molecular formula is C73H96BrF12N3O19. The normalized spacial score (nSPS) is 50.0. The fourth-order valence-electron chi connectivity index (χ4n) is 22.1. The lowest BCUT2D eigenvalue weighted by molar-refractivity contribution is -0.599. The molecule has 15 saturated heterocycles. The maximum absolute atomic E-state index is 15.5. The Labute approximate surface area is 626 Å². The quantitative estimate of drug-likeness (QED) is 0.116. The molecule has 20 aliphatic rings. The van der Waals surface area contributed by atoms with Crippen LogP contribution in [0.25, 0.3) is 0 Å². The van der Waals surface area contributed by atoms with Crippen molar-refractivity contribution in [1.82, 2.24) is 15.0 Å². The van der Waals surface area contributed by atoms with E-state index in [2.05, 4.69) is 59.4 Å². The average Bonchev–Trinajstić information content (AvgIpc) is 1.23. The molecule has 16 aliphatic heterocycles. The van der Waals surface area contributed by atoms with Crippen molar-refractivity contribution in [2.24, 2.45) is 88.8 Å². The minimum absolute atomic E-state index is 0.00501. The highest BCUT2D eigenvalue weighted by molar-refractivity contribution is 9.10. The molecule has 608 valence electrons. The molecule has 108 heavy (non-hydrogen) atoms. The summed E-state index contributed by atoms with van der Waals surface area (Å²) in [6.07, 6.45) is -4.21. The van der Waals surface area contributed by atoms with E-state index in [1.165, 1.54) is 20.0 Å². The minimum Gasteiger partial charge on any atom is -0.456 e. The van der Waals surface area contributed by atoms with Crippen molar-refractivity contribution < 1.29 is 144 Å². The molecule has 35 heteroatoms. The highest BCUT2D eigenvalue weighted by Crippen LogP contribution is 2.70. The van der Waals surface area contributed by atoms with Gasteiger partial charge < -0.3 is 52.5 Å².